The number of oxime groups is 1. The zero-order valence-electron chi connectivity index (χ0n) is 14.3. The molecule has 1 aromatic heterocycles. The monoisotopic (exact) mass is 426 g/mol. The Hall–Kier alpha value is -1.60. The van der Waals surface area contributed by atoms with Crippen molar-refractivity contribution in [2.24, 2.45) is 10.6 Å². The van der Waals surface area contributed by atoms with Crippen molar-refractivity contribution in [3.63, 3.8) is 0 Å². The molecule has 1 aliphatic heterocycles. The van der Waals surface area contributed by atoms with E-state index in [0.717, 1.165) is 22.2 Å². The Labute approximate surface area is 160 Å². The van der Waals surface area contributed by atoms with Crippen molar-refractivity contribution in [1.29, 1.82) is 0 Å². The number of hydrogen-bond donors (Lipinski definition) is 1. The molecular weight excluding hydrogens is 408 g/mol. The van der Waals surface area contributed by atoms with Gasteiger partial charge in [-0.2, -0.15) is 5.10 Å². The highest BCUT2D eigenvalue weighted by molar-refractivity contribution is 9.10. The van der Waals surface area contributed by atoms with E-state index in [1.807, 2.05) is 32.9 Å². The second-order valence-corrected chi connectivity index (χ2v) is 8.50. The van der Waals surface area contributed by atoms with Crippen LogP contribution in [-0.4, -0.2) is 31.8 Å². The quantitative estimate of drug-likeness (QED) is 0.443. The molecule has 2 heterocycles. The summed E-state index contributed by atoms with van der Waals surface area (Å²) in [5, 5.41) is 18.0. The predicted molar refractivity (Wildman–Crippen MR) is 99.6 cm³/mol. The summed E-state index contributed by atoms with van der Waals surface area (Å²) in [5.41, 5.74) is 1.38. The van der Waals surface area contributed by atoms with Crippen molar-refractivity contribution < 1.29 is 9.94 Å². The number of aromatic nitrogens is 3. The lowest BCUT2D eigenvalue weighted by molar-refractivity contribution is 0.201. The van der Waals surface area contributed by atoms with Gasteiger partial charge in [-0.25, -0.2) is 9.67 Å². The van der Waals surface area contributed by atoms with Crippen LogP contribution in [0.15, 0.2) is 34.4 Å². The van der Waals surface area contributed by atoms with E-state index in [1.54, 1.807) is 11.0 Å². The van der Waals surface area contributed by atoms with Crippen LogP contribution in [0, 0.1) is 5.41 Å². The van der Waals surface area contributed by atoms with Gasteiger partial charge in [0.15, 0.2) is 0 Å². The van der Waals surface area contributed by atoms with Crippen molar-refractivity contribution in [2.75, 3.05) is 0 Å². The molecule has 6 nitrogen and oxygen atoms in total. The predicted octanol–water partition coefficient (Wildman–Crippen LogP) is 4.51. The van der Waals surface area contributed by atoms with Gasteiger partial charge >= 0.3 is 0 Å². The molecule has 25 heavy (non-hydrogen) atoms. The average Bonchev–Trinajstić information content (AvgIpc) is 3.14. The van der Waals surface area contributed by atoms with Gasteiger partial charge in [0.2, 0.25) is 0 Å². The second-order valence-electron chi connectivity index (χ2n) is 7.18. The maximum absolute atomic E-state index is 9.62. The molecule has 2 aromatic rings. The zero-order valence-corrected chi connectivity index (χ0v) is 16.6. The van der Waals surface area contributed by atoms with E-state index in [0.29, 0.717) is 17.2 Å². The Morgan fingerprint density at radius 2 is 2.28 bits per heavy atom. The van der Waals surface area contributed by atoms with Crippen LogP contribution in [0.1, 0.15) is 38.8 Å². The van der Waals surface area contributed by atoms with Crippen LogP contribution >= 0.6 is 27.5 Å². The Morgan fingerprint density at radius 3 is 2.88 bits per heavy atom. The van der Waals surface area contributed by atoms with Crippen LogP contribution < -0.4 is 4.74 Å². The van der Waals surface area contributed by atoms with Gasteiger partial charge in [0.05, 0.1) is 16.8 Å². The highest BCUT2D eigenvalue weighted by Crippen LogP contribution is 2.40. The van der Waals surface area contributed by atoms with Gasteiger partial charge in [0.1, 0.15) is 24.5 Å². The maximum atomic E-state index is 9.62. The highest BCUT2D eigenvalue weighted by atomic mass is 79.9. The van der Waals surface area contributed by atoms with Crippen LogP contribution in [0.5, 0.6) is 5.75 Å². The fourth-order valence-electron chi connectivity index (χ4n) is 3.17. The van der Waals surface area contributed by atoms with E-state index in [4.69, 9.17) is 16.3 Å². The summed E-state index contributed by atoms with van der Waals surface area (Å²) >= 11 is 9.76. The molecule has 3 rings (SSSR count). The molecule has 0 spiro atoms. The molecule has 0 bridgehead atoms. The minimum absolute atomic E-state index is 0.0879. The first-order valence-electron chi connectivity index (χ1n) is 8.00. The van der Waals surface area contributed by atoms with Gasteiger partial charge in [-0.15, -0.1) is 0 Å². The summed E-state index contributed by atoms with van der Waals surface area (Å²) in [4.78, 5) is 4.03. The normalized spacial score (nSPS) is 18.8. The van der Waals surface area contributed by atoms with Crippen LogP contribution in [-0.2, 0) is 6.42 Å². The molecule has 134 valence electrons. The summed E-state index contributed by atoms with van der Waals surface area (Å²) in [6, 6.07) is 3.60. The molecule has 0 saturated carbocycles. The third kappa shape index (κ3) is 3.82. The van der Waals surface area contributed by atoms with E-state index in [2.05, 4.69) is 31.2 Å². The fraction of sp³-hybridized carbons (Fsp3) is 0.471. The molecule has 0 aliphatic carbocycles. The largest absolute Gasteiger partial charge is 0.488 e. The van der Waals surface area contributed by atoms with E-state index in [1.165, 1.54) is 6.33 Å². The number of rotatable bonds is 4. The lowest BCUT2D eigenvalue weighted by Crippen LogP contribution is -2.34. The lowest BCUT2D eigenvalue weighted by atomic mass is 9.83. The summed E-state index contributed by atoms with van der Waals surface area (Å²) in [7, 11) is 0. The molecule has 2 atom stereocenters. The first-order valence-corrected chi connectivity index (χ1v) is 9.18. The van der Waals surface area contributed by atoms with Gasteiger partial charge in [0.25, 0.3) is 0 Å². The van der Waals surface area contributed by atoms with E-state index in [-0.39, 0.29) is 17.6 Å². The summed E-state index contributed by atoms with van der Waals surface area (Å²) in [6.07, 6.45) is 4.36. The summed E-state index contributed by atoms with van der Waals surface area (Å²) < 4.78 is 8.72. The summed E-state index contributed by atoms with van der Waals surface area (Å²) in [6.45, 7) is 6.01. The van der Waals surface area contributed by atoms with Crippen LogP contribution in [0.2, 0.25) is 5.02 Å². The van der Waals surface area contributed by atoms with E-state index >= 15 is 0 Å². The molecule has 2 unspecified atom stereocenters. The SMILES string of the molecule is CC(C)(C)C(=NO)C(CC1Cc2cc(Br)cc(Cl)c2O1)n1cncn1. The molecule has 0 radical (unpaired) electrons. The standard InChI is InChI=1S/C17H20BrClN4O2/c1-17(2,3)16(22-24)14(23-9-20-8-21-23)7-12-5-10-4-11(18)6-13(19)15(10)25-12/h4,6,8-9,12,14,24H,5,7H2,1-3H3. The molecule has 0 fully saturated rings. The first-order chi connectivity index (χ1) is 11.8. The smallest absolute Gasteiger partial charge is 0.141 e. The minimum Gasteiger partial charge on any atom is -0.488 e. The lowest BCUT2D eigenvalue weighted by Gasteiger charge is -2.29. The van der Waals surface area contributed by atoms with Gasteiger partial charge in [-0.05, 0) is 12.1 Å². The van der Waals surface area contributed by atoms with Crippen LogP contribution in [0.3, 0.4) is 0 Å². The number of benzene rings is 1. The van der Waals surface area contributed by atoms with Gasteiger partial charge in [-0.1, -0.05) is 53.5 Å². The van der Waals surface area contributed by atoms with Crippen molar-refractivity contribution in [3.05, 3.63) is 39.8 Å². The Morgan fingerprint density at radius 1 is 1.52 bits per heavy atom. The first kappa shape index (κ1) is 18.2. The number of hydrogen-bond acceptors (Lipinski definition) is 5. The molecule has 8 heteroatoms. The van der Waals surface area contributed by atoms with Crippen molar-refractivity contribution >= 4 is 33.2 Å². The maximum Gasteiger partial charge on any atom is 0.141 e. The third-order valence-electron chi connectivity index (χ3n) is 4.25. The van der Waals surface area contributed by atoms with Crippen molar-refractivity contribution in [3.8, 4) is 5.75 Å². The summed E-state index contributed by atoms with van der Waals surface area (Å²) in [5.74, 6) is 0.727. The Bertz CT molecular complexity index is 787. The molecular formula is C17H20BrClN4O2. The number of halogens is 2. The number of ether oxygens (including phenoxy) is 1. The molecule has 1 aromatic carbocycles. The molecule has 0 amide bonds. The zero-order chi connectivity index (χ0) is 18.2. The Balaban J connectivity index is 1.87. The number of fused-ring (bicyclic) bond motifs is 1. The minimum atomic E-state index is -0.322. The van der Waals surface area contributed by atoms with E-state index in [9.17, 15) is 5.21 Å². The van der Waals surface area contributed by atoms with E-state index < -0.39 is 0 Å². The fourth-order valence-corrected chi connectivity index (χ4v) is 4.09. The van der Waals surface area contributed by atoms with Crippen molar-refractivity contribution in [2.45, 2.75) is 45.8 Å². The average molecular weight is 428 g/mol. The van der Waals surface area contributed by atoms with Gasteiger partial charge in [-0.3, -0.25) is 0 Å². The van der Waals surface area contributed by atoms with Crippen molar-refractivity contribution in [1.82, 2.24) is 14.8 Å². The van der Waals surface area contributed by atoms with Gasteiger partial charge in [0, 0.05) is 28.3 Å². The second kappa shape index (κ2) is 6.96. The van der Waals surface area contributed by atoms with Crippen LogP contribution in [0.25, 0.3) is 0 Å². The number of nitrogens with zero attached hydrogens (tertiary/aromatic N) is 4. The molecule has 0 saturated heterocycles. The Kier molecular flexibility index (Phi) is 5.06. The topological polar surface area (TPSA) is 72.5 Å². The van der Waals surface area contributed by atoms with Gasteiger partial charge < -0.3 is 9.94 Å². The highest BCUT2D eigenvalue weighted by Gasteiger charge is 2.35. The molecule has 1 aliphatic rings. The van der Waals surface area contributed by atoms with Crippen LogP contribution in [0.4, 0.5) is 0 Å². The third-order valence-corrected chi connectivity index (χ3v) is 4.99. The molecule has 1 N–H and O–H groups in total.